The van der Waals surface area contributed by atoms with Gasteiger partial charge in [-0.2, -0.15) is 13.2 Å². The molecule has 1 aliphatic heterocycles. The highest BCUT2D eigenvalue weighted by atomic mass is 19.4. The molecule has 1 aromatic heterocycles. The van der Waals surface area contributed by atoms with Crippen LogP contribution in [0, 0.1) is 24.6 Å². The largest absolute Gasteiger partial charge is 0.416 e. The number of aryl methyl sites for hydroxylation is 1. The van der Waals surface area contributed by atoms with E-state index in [-0.39, 0.29) is 29.2 Å². The highest BCUT2D eigenvalue weighted by Crippen LogP contribution is 2.34. The second kappa shape index (κ2) is 11.8. The van der Waals surface area contributed by atoms with E-state index in [0.717, 1.165) is 37.3 Å². The Bertz CT molecular complexity index is 1420. The fourth-order valence-corrected chi connectivity index (χ4v) is 4.32. The van der Waals surface area contributed by atoms with Crippen molar-refractivity contribution in [1.29, 1.82) is 0 Å². The van der Waals surface area contributed by atoms with Crippen LogP contribution in [0.1, 0.15) is 45.1 Å². The van der Waals surface area contributed by atoms with Gasteiger partial charge in [0.25, 0.3) is 5.91 Å². The number of nitrogens with zero attached hydrogens (tertiary/aromatic N) is 3. The molecule has 0 aliphatic carbocycles. The molecule has 4 rings (SSSR count). The molecule has 1 amide bonds. The predicted octanol–water partition coefficient (Wildman–Crippen LogP) is 4.92. The molecule has 0 spiro atoms. The van der Waals surface area contributed by atoms with E-state index in [0.29, 0.717) is 24.2 Å². The number of benzene rings is 2. The van der Waals surface area contributed by atoms with Gasteiger partial charge in [0.15, 0.2) is 11.6 Å². The van der Waals surface area contributed by atoms with Gasteiger partial charge in [-0.3, -0.25) is 9.69 Å². The number of pyridine rings is 1. The monoisotopic (exact) mass is 539 g/mol. The zero-order valence-corrected chi connectivity index (χ0v) is 21.7. The number of nitrogens with two attached hydrogens (primary N) is 1. The Labute approximate surface area is 224 Å². The maximum Gasteiger partial charge on any atom is 0.416 e. The molecule has 0 bridgehead atoms. The molecule has 2 heterocycles. The molecule has 1 fully saturated rings. The van der Waals surface area contributed by atoms with Gasteiger partial charge in [-0.15, -0.1) is 0 Å². The van der Waals surface area contributed by atoms with Gasteiger partial charge in [0.2, 0.25) is 0 Å². The second-order valence-electron chi connectivity index (χ2n) is 9.40. The van der Waals surface area contributed by atoms with Crippen molar-refractivity contribution in [3.63, 3.8) is 0 Å². The fraction of sp³-hybridized carbons (Fsp3) is 0.310. The van der Waals surface area contributed by atoms with E-state index in [1.54, 1.807) is 19.1 Å². The van der Waals surface area contributed by atoms with Gasteiger partial charge < -0.3 is 16.0 Å². The van der Waals surface area contributed by atoms with E-state index in [9.17, 15) is 22.4 Å². The van der Waals surface area contributed by atoms with Gasteiger partial charge in [-0.05, 0) is 54.9 Å². The van der Waals surface area contributed by atoms with E-state index >= 15 is 0 Å². The third-order valence-electron chi connectivity index (χ3n) is 6.69. The minimum atomic E-state index is -4.57. The van der Waals surface area contributed by atoms with Crippen LogP contribution in [0.4, 0.5) is 29.1 Å². The Kier molecular flexibility index (Phi) is 8.53. The van der Waals surface area contributed by atoms with E-state index in [1.165, 1.54) is 24.4 Å². The van der Waals surface area contributed by atoms with Crippen molar-refractivity contribution in [2.75, 3.05) is 43.8 Å². The molecule has 1 saturated heterocycles. The normalized spacial score (nSPS) is 14.5. The summed E-state index contributed by atoms with van der Waals surface area (Å²) < 4.78 is 55.5. The first kappa shape index (κ1) is 28.1. The van der Waals surface area contributed by atoms with Crippen molar-refractivity contribution in [1.82, 2.24) is 14.8 Å². The molecule has 3 aromatic rings. The Balaban J connectivity index is 1.51. The summed E-state index contributed by atoms with van der Waals surface area (Å²) in [6.45, 7) is 8.02. The van der Waals surface area contributed by atoms with Crippen molar-refractivity contribution in [3.05, 3.63) is 87.9 Å². The maximum atomic E-state index is 13.9. The summed E-state index contributed by atoms with van der Waals surface area (Å²) in [5.74, 6) is 4.18. The molecular weight excluding hydrogens is 510 g/mol. The lowest BCUT2D eigenvalue weighted by Gasteiger charge is -2.34. The van der Waals surface area contributed by atoms with Gasteiger partial charge in [0, 0.05) is 61.3 Å². The topological polar surface area (TPSA) is 74.5 Å². The molecule has 204 valence electrons. The van der Waals surface area contributed by atoms with Crippen LogP contribution in [0.5, 0.6) is 0 Å². The number of nitrogen functional groups attached to an aromatic ring is 1. The summed E-state index contributed by atoms with van der Waals surface area (Å²) in [7, 11) is 0. The molecule has 39 heavy (non-hydrogen) atoms. The van der Waals surface area contributed by atoms with Crippen molar-refractivity contribution < 1.29 is 22.4 Å². The first-order valence-corrected chi connectivity index (χ1v) is 12.5. The number of halogens is 4. The van der Waals surface area contributed by atoms with Crippen LogP contribution in [0.3, 0.4) is 0 Å². The van der Waals surface area contributed by atoms with E-state index in [1.807, 2.05) is 4.90 Å². The van der Waals surface area contributed by atoms with Crippen molar-refractivity contribution in [2.45, 2.75) is 26.6 Å². The van der Waals surface area contributed by atoms with Gasteiger partial charge in [0.05, 0.1) is 5.56 Å². The van der Waals surface area contributed by atoms with Crippen molar-refractivity contribution >= 4 is 17.4 Å². The first-order valence-electron chi connectivity index (χ1n) is 12.5. The summed E-state index contributed by atoms with van der Waals surface area (Å²) in [6, 6.07) is 9.84. The predicted molar refractivity (Wildman–Crippen MR) is 143 cm³/mol. The van der Waals surface area contributed by atoms with E-state index < -0.39 is 23.5 Å². The third-order valence-corrected chi connectivity index (χ3v) is 6.69. The number of rotatable bonds is 5. The highest BCUT2D eigenvalue weighted by molar-refractivity contribution is 6.04. The Morgan fingerprint density at radius 3 is 2.44 bits per heavy atom. The van der Waals surface area contributed by atoms with E-state index in [4.69, 9.17) is 5.73 Å². The number of hydrogen-bond donors (Lipinski definition) is 2. The molecule has 0 saturated carbocycles. The van der Waals surface area contributed by atoms with Gasteiger partial charge in [0.1, 0.15) is 0 Å². The lowest BCUT2D eigenvalue weighted by Crippen LogP contribution is -2.45. The minimum Gasteiger partial charge on any atom is -0.381 e. The number of aromatic nitrogens is 1. The Hall–Kier alpha value is -3.94. The van der Waals surface area contributed by atoms with Gasteiger partial charge in [-0.1, -0.05) is 30.9 Å². The average Bonchev–Trinajstić information content (AvgIpc) is 2.90. The molecule has 2 aromatic carbocycles. The number of piperazine rings is 1. The van der Waals surface area contributed by atoms with Crippen LogP contribution < -0.4 is 11.1 Å². The van der Waals surface area contributed by atoms with Crippen LogP contribution >= 0.6 is 0 Å². The summed E-state index contributed by atoms with van der Waals surface area (Å²) >= 11 is 0. The average molecular weight is 540 g/mol. The van der Waals surface area contributed by atoms with Gasteiger partial charge in [-0.25, -0.2) is 9.37 Å². The minimum absolute atomic E-state index is 0.0449. The molecule has 0 unspecified atom stereocenters. The van der Waals surface area contributed by atoms with Crippen LogP contribution in [0.25, 0.3) is 0 Å². The van der Waals surface area contributed by atoms with Crippen LogP contribution in [-0.4, -0.2) is 53.4 Å². The number of carbonyl (C=O) groups excluding carboxylic acids is 1. The maximum absolute atomic E-state index is 13.9. The first-order chi connectivity index (χ1) is 18.5. The molecule has 1 aliphatic rings. The third kappa shape index (κ3) is 7.13. The standard InChI is InChI=1S/C29H29F4N5O/c1-3-37-10-12-38(13-11-37)18-23-8-9-24(16-25(23)29(31,32)33)36-28(39)22-6-4-19(2)21(15-22)7-5-20-14-26(30)27(34)35-17-20/h4,6,8-9,14-17H,3,10-13,18H2,1-2H3,(H2,34,35)(H,36,39). The number of nitrogens with one attached hydrogen (secondary N) is 1. The van der Waals surface area contributed by atoms with E-state index in [2.05, 4.69) is 34.0 Å². The lowest BCUT2D eigenvalue weighted by molar-refractivity contribution is -0.138. The van der Waals surface area contributed by atoms with Crippen LogP contribution in [0.2, 0.25) is 0 Å². The molecule has 10 heteroatoms. The summed E-state index contributed by atoms with van der Waals surface area (Å²) in [5, 5.41) is 2.57. The molecule has 0 radical (unpaired) electrons. The zero-order chi connectivity index (χ0) is 28.2. The quantitative estimate of drug-likeness (QED) is 0.356. The summed E-state index contributed by atoms with van der Waals surface area (Å²) in [5.41, 5.74) is 6.64. The molecule has 6 nitrogen and oxygen atoms in total. The Morgan fingerprint density at radius 2 is 1.77 bits per heavy atom. The Morgan fingerprint density at radius 1 is 1.05 bits per heavy atom. The SMILES string of the molecule is CCN1CCN(Cc2ccc(NC(=O)c3ccc(C)c(C#Cc4cnc(N)c(F)c4)c3)cc2C(F)(F)F)CC1. The fourth-order valence-electron chi connectivity index (χ4n) is 4.32. The van der Waals surface area contributed by atoms with Crippen molar-refractivity contribution in [3.8, 4) is 11.8 Å². The number of amides is 1. The van der Waals surface area contributed by atoms with Gasteiger partial charge >= 0.3 is 6.18 Å². The number of likely N-dealkylation sites (N-methyl/N-ethyl adjacent to an activating group) is 1. The second-order valence-corrected chi connectivity index (χ2v) is 9.40. The summed E-state index contributed by atoms with van der Waals surface area (Å²) in [6.07, 6.45) is -3.23. The number of anilines is 2. The number of carbonyl (C=O) groups is 1. The number of alkyl halides is 3. The summed E-state index contributed by atoms with van der Waals surface area (Å²) in [4.78, 5) is 20.9. The smallest absolute Gasteiger partial charge is 0.381 e. The molecule has 0 atom stereocenters. The zero-order valence-electron chi connectivity index (χ0n) is 21.7. The number of hydrogen-bond acceptors (Lipinski definition) is 5. The highest BCUT2D eigenvalue weighted by Gasteiger charge is 2.34. The van der Waals surface area contributed by atoms with Crippen LogP contribution in [-0.2, 0) is 12.7 Å². The van der Waals surface area contributed by atoms with Crippen molar-refractivity contribution in [2.24, 2.45) is 0 Å². The van der Waals surface area contributed by atoms with Crippen LogP contribution in [0.15, 0.2) is 48.7 Å². The lowest BCUT2D eigenvalue weighted by atomic mass is 10.0. The molecule has 3 N–H and O–H groups in total. The molecular formula is C29H29F4N5O.